The first kappa shape index (κ1) is 26.9. The van der Waals surface area contributed by atoms with Gasteiger partial charge in [-0.2, -0.15) is 18.3 Å². The van der Waals surface area contributed by atoms with E-state index in [2.05, 4.69) is 25.7 Å². The van der Waals surface area contributed by atoms with Gasteiger partial charge in [-0.1, -0.05) is 5.21 Å². The average molecular weight is 555 g/mol. The molecule has 5 rings (SSSR count). The molecule has 2 saturated carbocycles. The summed E-state index contributed by atoms with van der Waals surface area (Å²) in [5.74, 6) is -4.42. The lowest BCUT2D eigenvalue weighted by Crippen LogP contribution is -2.31. The fraction of sp³-hybridized carbons (Fsp3) is 0.583. The van der Waals surface area contributed by atoms with Crippen molar-refractivity contribution in [3.63, 3.8) is 0 Å². The van der Waals surface area contributed by atoms with Gasteiger partial charge >= 0.3 is 6.18 Å². The minimum Gasteiger partial charge on any atom is -0.364 e. The summed E-state index contributed by atoms with van der Waals surface area (Å²) in [7, 11) is 0. The van der Waals surface area contributed by atoms with Crippen LogP contribution in [0.5, 0.6) is 0 Å². The lowest BCUT2D eigenvalue weighted by molar-refractivity contribution is -0.144. The monoisotopic (exact) mass is 554 g/mol. The zero-order valence-corrected chi connectivity index (χ0v) is 20.7. The highest BCUT2D eigenvalue weighted by Gasteiger charge is 2.40. The number of nitrogens with zero attached hydrogens (tertiary/aromatic N) is 6. The lowest BCUT2D eigenvalue weighted by Gasteiger charge is -2.32. The SMILES string of the molecule is NC(=O)c1cn([C@H](c2cn3ncc([C@H](NC(=O)CCC(F)(F)F)C4CC4)cc3n2)C2CCC(F)(F)CC2)nn1. The van der Waals surface area contributed by atoms with Crippen molar-refractivity contribution in [1.29, 1.82) is 0 Å². The van der Waals surface area contributed by atoms with Crippen LogP contribution in [0.2, 0.25) is 0 Å². The van der Waals surface area contributed by atoms with Gasteiger partial charge in [0.2, 0.25) is 11.8 Å². The zero-order valence-electron chi connectivity index (χ0n) is 20.7. The molecular weight excluding hydrogens is 527 g/mol. The van der Waals surface area contributed by atoms with E-state index in [0.717, 1.165) is 12.8 Å². The molecule has 0 aromatic carbocycles. The van der Waals surface area contributed by atoms with Gasteiger partial charge in [-0.25, -0.2) is 23.0 Å². The molecule has 15 heteroatoms. The number of primary amides is 1. The number of alkyl halides is 5. The van der Waals surface area contributed by atoms with E-state index in [0.29, 0.717) is 16.9 Å². The Balaban J connectivity index is 1.43. The Bertz CT molecular complexity index is 1360. The van der Waals surface area contributed by atoms with Gasteiger partial charge in [-0.15, -0.1) is 5.10 Å². The summed E-state index contributed by atoms with van der Waals surface area (Å²) in [6.45, 7) is 0. The number of carbonyl (C=O) groups is 2. The normalized spacial score (nSPS) is 19.6. The molecule has 0 spiro atoms. The maximum Gasteiger partial charge on any atom is 0.389 e. The summed E-state index contributed by atoms with van der Waals surface area (Å²) in [5.41, 5.74) is 6.72. The van der Waals surface area contributed by atoms with Gasteiger partial charge < -0.3 is 11.1 Å². The summed E-state index contributed by atoms with van der Waals surface area (Å²) in [5, 5.41) is 14.9. The third kappa shape index (κ3) is 6.33. The number of fused-ring (bicyclic) bond motifs is 1. The van der Waals surface area contributed by atoms with E-state index in [1.807, 2.05) is 0 Å². The second-order valence-corrected chi connectivity index (χ2v) is 10.3. The Morgan fingerprint density at radius 3 is 2.46 bits per heavy atom. The molecule has 0 aliphatic heterocycles. The molecule has 2 aliphatic rings. The van der Waals surface area contributed by atoms with Gasteiger partial charge in [0, 0.05) is 19.3 Å². The number of nitrogens with two attached hydrogens (primary N) is 1. The van der Waals surface area contributed by atoms with Crippen molar-refractivity contribution in [2.75, 3.05) is 0 Å². The largest absolute Gasteiger partial charge is 0.389 e. The van der Waals surface area contributed by atoms with Crippen LogP contribution in [0.25, 0.3) is 5.65 Å². The van der Waals surface area contributed by atoms with Gasteiger partial charge in [0.25, 0.3) is 5.91 Å². The van der Waals surface area contributed by atoms with Gasteiger partial charge in [0.05, 0.1) is 36.7 Å². The molecule has 39 heavy (non-hydrogen) atoms. The first-order chi connectivity index (χ1) is 18.4. The predicted molar refractivity (Wildman–Crippen MR) is 125 cm³/mol. The topological polar surface area (TPSA) is 133 Å². The molecule has 210 valence electrons. The molecule has 10 nitrogen and oxygen atoms in total. The molecular formula is C24H27F5N8O2. The Labute approximate surface area is 219 Å². The van der Waals surface area contributed by atoms with E-state index < -0.39 is 48.8 Å². The van der Waals surface area contributed by atoms with Crippen LogP contribution >= 0.6 is 0 Å². The van der Waals surface area contributed by atoms with Crippen LogP contribution in [-0.2, 0) is 4.79 Å². The van der Waals surface area contributed by atoms with E-state index in [1.54, 1.807) is 12.3 Å². The number of imidazole rings is 1. The minimum absolute atomic E-state index is 0.0705. The number of amides is 2. The number of nitrogens with one attached hydrogen (secondary N) is 1. The highest BCUT2D eigenvalue weighted by molar-refractivity contribution is 5.90. The van der Waals surface area contributed by atoms with Gasteiger partial charge in [-0.05, 0) is 49.1 Å². The van der Waals surface area contributed by atoms with Crippen molar-refractivity contribution in [3.8, 4) is 0 Å². The van der Waals surface area contributed by atoms with Crippen LogP contribution < -0.4 is 11.1 Å². The van der Waals surface area contributed by atoms with Crippen LogP contribution in [-0.4, -0.2) is 53.5 Å². The quantitative estimate of drug-likeness (QED) is 0.387. The molecule has 2 fully saturated rings. The van der Waals surface area contributed by atoms with Crippen molar-refractivity contribution in [2.45, 2.75) is 75.5 Å². The zero-order chi connectivity index (χ0) is 27.9. The fourth-order valence-corrected chi connectivity index (χ4v) is 5.12. The summed E-state index contributed by atoms with van der Waals surface area (Å²) in [6, 6.07) is 0.576. The van der Waals surface area contributed by atoms with E-state index >= 15 is 0 Å². The second kappa shape index (κ2) is 10.2. The second-order valence-electron chi connectivity index (χ2n) is 10.3. The molecule has 2 amide bonds. The Hall–Kier alpha value is -3.65. The maximum absolute atomic E-state index is 13.9. The fourth-order valence-electron chi connectivity index (χ4n) is 5.12. The number of halogens is 5. The number of rotatable bonds is 9. The van der Waals surface area contributed by atoms with Crippen LogP contribution in [0.15, 0.2) is 24.7 Å². The third-order valence-corrected chi connectivity index (χ3v) is 7.32. The van der Waals surface area contributed by atoms with Crippen molar-refractivity contribution >= 4 is 17.5 Å². The lowest BCUT2D eigenvalue weighted by atomic mass is 9.81. The minimum atomic E-state index is -4.42. The van der Waals surface area contributed by atoms with Crippen LogP contribution in [0.4, 0.5) is 22.0 Å². The van der Waals surface area contributed by atoms with Crippen LogP contribution in [0.1, 0.15) is 85.2 Å². The van der Waals surface area contributed by atoms with Crippen molar-refractivity contribution in [3.05, 3.63) is 41.6 Å². The molecule has 0 saturated heterocycles. The highest BCUT2D eigenvalue weighted by atomic mass is 19.4. The van der Waals surface area contributed by atoms with E-state index in [-0.39, 0.29) is 43.2 Å². The number of hydrogen-bond donors (Lipinski definition) is 2. The standard InChI is InChI=1S/C24H27F5N8O2/c25-23(26)6-3-14(4-7-23)21(37-12-17(22(30)39)34-35-37)16-11-36-18(32-16)9-15(10-31-36)20(13-1-2-13)33-19(38)5-8-24(27,28)29/h9-14,20-21H,1-8H2,(H2,30,39)(H,33,38)/t20-,21+/m1/s1. The van der Waals surface area contributed by atoms with E-state index in [9.17, 15) is 31.5 Å². The Morgan fingerprint density at radius 1 is 1.13 bits per heavy atom. The van der Waals surface area contributed by atoms with Gasteiger partial charge in [0.15, 0.2) is 11.3 Å². The summed E-state index contributed by atoms with van der Waals surface area (Å²) in [6.07, 6.45) is -0.318. The maximum atomic E-state index is 13.9. The van der Waals surface area contributed by atoms with Gasteiger partial charge in [-0.3, -0.25) is 9.59 Å². The number of aromatic nitrogens is 6. The first-order valence-corrected chi connectivity index (χ1v) is 12.7. The number of carbonyl (C=O) groups excluding carboxylic acids is 2. The summed E-state index contributed by atoms with van der Waals surface area (Å²) >= 11 is 0. The Morgan fingerprint density at radius 2 is 1.85 bits per heavy atom. The van der Waals surface area contributed by atoms with Crippen LogP contribution in [0.3, 0.4) is 0 Å². The third-order valence-electron chi connectivity index (χ3n) is 7.32. The molecule has 3 N–H and O–H groups in total. The molecule has 3 heterocycles. The highest BCUT2D eigenvalue weighted by Crippen LogP contribution is 2.43. The van der Waals surface area contributed by atoms with Crippen molar-refractivity contribution < 1.29 is 31.5 Å². The smallest absolute Gasteiger partial charge is 0.364 e. The molecule has 0 radical (unpaired) electrons. The molecule has 3 aromatic rings. The molecule has 0 bridgehead atoms. The molecule has 0 unspecified atom stereocenters. The van der Waals surface area contributed by atoms with E-state index in [4.69, 9.17) is 5.73 Å². The van der Waals surface area contributed by atoms with Crippen molar-refractivity contribution in [1.82, 2.24) is 34.9 Å². The van der Waals surface area contributed by atoms with E-state index in [1.165, 1.54) is 21.6 Å². The van der Waals surface area contributed by atoms with Gasteiger partial charge in [0.1, 0.15) is 6.04 Å². The molecule has 2 aliphatic carbocycles. The summed E-state index contributed by atoms with van der Waals surface area (Å²) in [4.78, 5) is 28.5. The first-order valence-electron chi connectivity index (χ1n) is 12.7. The molecule has 3 aromatic heterocycles. The average Bonchev–Trinajstić information content (AvgIpc) is 3.42. The molecule has 2 atom stereocenters. The Kier molecular flexibility index (Phi) is 7.01. The number of hydrogen-bond acceptors (Lipinski definition) is 6. The summed E-state index contributed by atoms with van der Waals surface area (Å²) < 4.78 is 68.4. The van der Waals surface area contributed by atoms with Crippen LogP contribution in [0, 0.1) is 11.8 Å². The van der Waals surface area contributed by atoms with Crippen molar-refractivity contribution in [2.24, 2.45) is 17.6 Å². The predicted octanol–water partition coefficient (Wildman–Crippen LogP) is 3.74.